The number of sulfonamides is 1. The average Bonchev–Trinajstić information content (AvgIpc) is 2.47. The van der Waals surface area contributed by atoms with Crippen LogP contribution in [0.4, 0.5) is 4.39 Å². The van der Waals surface area contributed by atoms with Crippen molar-refractivity contribution in [1.29, 1.82) is 0 Å². The summed E-state index contributed by atoms with van der Waals surface area (Å²) < 4.78 is 36.0. The maximum Gasteiger partial charge on any atom is 0.238 e. The summed E-state index contributed by atoms with van der Waals surface area (Å²) in [4.78, 5) is 0.0839. The van der Waals surface area contributed by atoms with Gasteiger partial charge in [-0.2, -0.15) is 0 Å². The van der Waals surface area contributed by atoms with Gasteiger partial charge in [-0.3, -0.25) is 0 Å². The Balaban J connectivity index is 2.13. The third-order valence-electron chi connectivity index (χ3n) is 3.60. The maximum absolute atomic E-state index is 13.3. The molecule has 2 rings (SSSR count). The molecule has 6 heteroatoms. The van der Waals surface area contributed by atoms with Gasteiger partial charge >= 0.3 is 0 Å². The molecular weight excluding hydrogens is 303 g/mol. The fourth-order valence-corrected chi connectivity index (χ4v) is 2.74. The van der Waals surface area contributed by atoms with Crippen LogP contribution in [0.2, 0.25) is 0 Å². The molecule has 4 nitrogen and oxygen atoms in total. The first-order chi connectivity index (χ1) is 10.3. The first-order valence-electron chi connectivity index (χ1n) is 6.88. The van der Waals surface area contributed by atoms with Crippen LogP contribution >= 0.6 is 0 Å². The van der Waals surface area contributed by atoms with Crippen LogP contribution in [-0.4, -0.2) is 8.42 Å². The first-order valence-corrected chi connectivity index (χ1v) is 8.43. The molecule has 0 saturated carbocycles. The summed E-state index contributed by atoms with van der Waals surface area (Å²) in [6, 6.07) is 11.1. The van der Waals surface area contributed by atoms with E-state index in [1.165, 1.54) is 18.2 Å². The molecule has 0 bridgehead atoms. The van der Waals surface area contributed by atoms with Gasteiger partial charge in [-0.25, -0.2) is 17.9 Å². The van der Waals surface area contributed by atoms with Gasteiger partial charge in [0.05, 0.1) is 4.90 Å². The number of nitrogens with one attached hydrogen (secondary N) is 1. The summed E-state index contributed by atoms with van der Waals surface area (Å²) >= 11 is 0. The molecule has 0 spiro atoms. The molecule has 0 aliphatic carbocycles. The van der Waals surface area contributed by atoms with E-state index >= 15 is 0 Å². The minimum absolute atomic E-state index is 0.0839. The zero-order chi connectivity index (χ0) is 16.3. The third kappa shape index (κ3) is 4.13. The Labute approximate surface area is 130 Å². The lowest BCUT2D eigenvalue weighted by Gasteiger charge is -2.16. The van der Waals surface area contributed by atoms with Crippen LogP contribution in [0.3, 0.4) is 0 Å². The molecule has 3 N–H and O–H groups in total. The highest BCUT2D eigenvalue weighted by atomic mass is 32.2. The molecule has 0 aliphatic heterocycles. The lowest BCUT2D eigenvalue weighted by atomic mass is 10.1. The second-order valence-corrected chi connectivity index (χ2v) is 6.85. The van der Waals surface area contributed by atoms with Gasteiger partial charge in [0.15, 0.2) is 0 Å². The van der Waals surface area contributed by atoms with Crippen LogP contribution in [0.15, 0.2) is 47.4 Å². The van der Waals surface area contributed by atoms with Crippen molar-refractivity contribution in [3.63, 3.8) is 0 Å². The lowest BCUT2D eigenvalue weighted by Crippen LogP contribution is -2.19. The Morgan fingerprint density at radius 2 is 1.95 bits per heavy atom. The van der Waals surface area contributed by atoms with Crippen molar-refractivity contribution in [1.82, 2.24) is 5.32 Å². The first kappa shape index (κ1) is 16.6. The van der Waals surface area contributed by atoms with E-state index in [2.05, 4.69) is 5.32 Å². The molecule has 0 fully saturated rings. The van der Waals surface area contributed by atoms with Crippen LogP contribution in [0.25, 0.3) is 0 Å². The zero-order valence-electron chi connectivity index (χ0n) is 12.5. The monoisotopic (exact) mass is 322 g/mol. The van der Waals surface area contributed by atoms with E-state index in [0.717, 1.165) is 16.7 Å². The highest BCUT2D eigenvalue weighted by molar-refractivity contribution is 7.89. The number of rotatable bonds is 5. The van der Waals surface area contributed by atoms with Crippen molar-refractivity contribution in [2.24, 2.45) is 5.14 Å². The van der Waals surface area contributed by atoms with Gasteiger partial charge in [-0.15, -0.1) is 0 Å². The van der Waals surface area contributed by atoms with Gasteiger partial charge in [0.1, 0.15) is 5.82 Å². The predicted molar refractivity (Wildman–Crippen MR) is 84.2 cm³/mol. The van der Waals surface area contributed by atoms with Crippen LogP contribution in [-0.2, 0) is 16.6 Å². The standard InChI is InChI=1S/C16H19FN2O2S/c1-11-6-7-15(17)8-14(11)10-19-12(2)13-4-3-5-16(9-13)22(18,20)21/h3-9,12,19H,10H2,1-2H3,(H2,18,20,21). The summed E-state index contributed by atoms with van der Waals surface area (Å²) in [6.45, 7) is 4.32. The van der Waals surface area contributed by atoms with Crippen molar-refractivity contribution in [2.75, 3.05) is 0 Å². The molecule has 1 atom stereocenters. The number of aryl methyl sites for hydroxylation is 1. The highest BCUT2D eigenvalue weighted by Crippen LogP contribution is 2.18. The molecule has 0 radical (unpaired) electrons. The number of hydrogen-bond acceptors (Lipinski definition) is 3. The van der Waals surface area contributed by atoms with E-state index in [1.807, 2.05) is 19.9 Å². The Bertz CT molecular complexity index is 775. The van der Waals surface area contributed by atoms with E-state index in [0.29, 0.717) is 6.54 Å². The maximum atomic E-state index is 13.3. The second kappa shape index (κ2) is 6.56. The number of nitrogens with two attached hydrogens (primary N) is 1. The number of benzene rings is 2. The van der Waals surface area contributed by atoms with Crippen molar-refractivity contribution >= 4 is 10.0 Å². The fraction of sp³-hybridized carbons (Fsp3) is 0.250. The van der Waals surface area contributed by atoms with E-state index in [-0.39, 0.29) is 16.8 Å². The van der Waals surface area contributed by atoms with Gasteiger partial charge in [0.25, 0.3) is 0 Å². The minimum atomic E-state index is -3.72. The molecule has 118 valence electrons. The average molecular weight is 322 g/mol. The van der Waals surface area contributed by atoms with Gasteiger partial charge < -0.3 is 5.32 Å². The van der Waals surface area contributed by atoms with Crippen molar-refractivity contribution in [2.45, 2.75) is 31.3 Å². The molecule has 0 heterocycles. The quantitative estimate of drug-likeness (QED) is 0.889. The van der Waals surface area contributed by atoms with Crippen LogP contribution in [0.5, 0.6) is 0 Å². The Morgan fingerprint density at radius 1 is 1.23 bits per heavy atom. The highest BCUT2D eigenvalue weighted by Gasteiger charge is 2.11. The molecule has 0 aliphatic rings. The summed E-state index contributed by atoms with van der Waals surface area (Å²) in [7, 11) is -3.72. The van der Waals surface area contributed by atoms with E-state index < -0.39 is 10.0 Å². The van der Waals surface area contributed by atoms with E-state index in [1.54, 1.807) is 18.2 Å². The smallest absolute Gasteiger partial charge is 0.238 e. The van der Waals surface area contributed by atoms with Gasteiger partial charge in [0.2, 0.25) is 10.0 Å². The molecule has 0 amide bonds. The van der Waals surface area contributed by atoms with Gasteiger partial charge in [0, 0.05) is 12.6 Å². The molecule has 0 aromatic heterocycles. The number of primary sulfonamides is 1. The Kier molecular flexibility index (Phi) is 4.95. The molecule has 2 aromatic carbocycles. The molecule has 0 saturated heterocycles. The third-order valence-corrected chi connectivity index (χ3v) is 4.51. The SMILES string of the molecule is Cc1ccc(F)cc1CNC(C)c1cccc(S(N)(=O)=O)c1. The Morgan fingerprint density at radius 3 is 2.64 bits per heavy atom. The van der Waals surface area contributed by atoms with Gasteiger partial charge in [-0.05, 0) is 54.8 Å². The van der Waals surface area contributed by atoms with Crippen LogP contribution < -0.4 is 10.5 Å². The normalized spacial score (nSPS) is 13.1. The number of hydrogen-bond donors (Lipinski definition) is 2. The van der Waals surface area contributed by atoms with Crippen molar-refractivity contribution in [3.05, 3.63) is 65.0 Å². The van der Waals surface area contributed by atoms with Gasteiger partial charge in [-0.1, -0.05) is 18.2 Å². The fourth-order valence-electron chi connectivity index (χ4n) is 2.17. The van der Waals surface area contributed by atoms with Crippen molar-refractivity contribution < 1.29 is 12.8 Å². The largest absolute Gasteiger partial charge is 0.306 e. The molecule has 22 heavy (non-hydrogen) atoms. The zero-order valence-corrected chi connectivity index (χ0v) is 13.3. The summed E-state index contributed by atoms with van der Waals surface area (Å²) in [5.74, 6) is -0.272. The molecular formula is C16H19FN2O2S. The van der Waals surface area contributed by atoms with Crippen LogP contribution in [0.1, 0.15) is 29.7 Å². The Hall–Kier alpha value is -1.76. The summed E-state index contributed by atoms with van der Waals surface area (Å²) in [5.41, 5.74) is 2.68. The minimum Gasteiger partial charge on any atom is -0.306 e. The topological polar surface area (TPSA) is 72.2 Å². The van der Waals surface area contributed by atoms with Crippen LogP contribution in [0, 0.1) is 12.7 Å². The van der Waals surface area contributed by atoms with E-state index in [9.17, 15) is 12.8 Å². The second-order valence-electron chi connectivity index (χ2n) is 5.29. The van der Waals surface area contributed by atoms with E-state index in [4.69, 9.17) is 5.14 Å². The molecule has 1 unspecified atom stereocenters. The molecule has 2 aromatic rings. The summed E-state index contributed by atoms with van der Waals surface area (Å²) in [5, 5.41) is 8.40. The number of halogens is 1. The summed E-state index contributed by atoms with van der Waals surface area (Å²) in [6.07, 6.45) is 0. The van der Waals surface area contributed by atoms with Crippen molar-refractivity contribution in [3.8, 4) is 0 Å². The predicted octanol–water partition coefficient (Wildman–Crippen LogP) is 2.63. The lowest BCUT2D eigenvalue weighted by molar-refractivity contribution is 0.565.